The molecule has 1 saturated carbocycles. The minimum atomic E-state index is -0.767. The van der Waals surface area contributed by atoms with Crippen LogP contribution in [0.2, 0.25) is 15.1 Å². The predicted molar refractivity (Wildman–Crippen MR) is 142 cm³/mol. The number of amides is 3. The number of ketones is 1. The van der Waals surface area contributed by atoms with Crippen molar-refractivity contribution in [3.05, 3.63) is 32.9 Å². The van der Waals surface area contributed by atoms with Crippen LogP contribution < -0.4 is 10.6 Å². The SMILES string of the molecule is CCC(=O)[C@H](C[C@@H]1CCNC1=O)NC(=O)[C@@H]1[C@H]2CCC[C@H]2CN1C(=O)c1cc2c(Cl)cc(Cl)c(Cl)c2[nH]1. The zero-order chi connectivity index (χ0) is 26.4. The largest absolute Gasteiger partial charge is 0.356 e. The van der Waals surface area contributed by atoms with E-state index in [1.54, 1.807) is 17.9 Å². The number of aromatic amines is 1. The number of carbonyl (C=O) groups is 4. The summed E-state index contributed by atoms with van der Waals surface area (Å²) < 4.78 is 0. The Kier molecular flexibility index (Phi) is 7.44. The third-order valence-corrected chi connectivity index (χ3v) is 9.24. The number of rotatable bonds is 7. The zero-order valence-electron chi connectivity index (χ0n) is 20.4. The predicted octanol–water partition coefficient (Wildman–Crippen LogP) is 4.36. The molecule has 0 bridgehead atoms. The highest BCUT2D eigenvalue weighted by Gasteiger charge is 2.50. The lowest BCUT2D eigenvalue weighted by Gasteiger charge is -2.29. The summed E-state index contributed by atoms with van der Waals surface area (Å²) >= 11 is 18.8. The van der Waals surface area contributed by atoms with Crippen molar-refractivity contribution in [3.8, 4) is 0 Å². The fourth-order valence-electron chi connectivity index (χ4n) is 6.24. The lowest BCUT2D eigenvalue weighted by Crippen LogP contribution is -2.53. The van der Waals surface area contributed by atoms with Crippen LogP contribution in [-0.4, -0.2) is 58.6 Å². The molecule has 11 heteroatoms. The number of H-pyrrole nitrogens is 1. The number of nitrogens with one attached hydrogen (secondary N) is 3. The summed E-state index contributed by atoms with van der Waals surface area (Å²) in [6.45, 7) is 2.77. The van der Waals surface area contributed by atoms with E-state index in [0.29, 0.717) is 35.4 Å². The summed E-state index contributed by atoms with van der Waals surface area (Å²) in [5.41, 5.74) is 0.731. The molecule has 3 fully saturated rings. The van der Waals surface area contributed by atoms with E-state index in [9.17, 15) is 19.2 Å². The lowest BCUT2D eigenvalue weighted by molar-refractivity contribution is -0.132. The Morgan fingerprint density at radius 1 is 1.14 bits per heavy atom. The Labute approximate surface area is 229 Å². The van der Waals surface area contributed by atoms with Crippen LogP contribution in [0, 0.1) is 17.8 Å². The summed E-state index contributed by atoms with van der Waals surface area (Å²) in [5.74, 6) is -0.968. The summed E-state index contributed by atoms with van der Waals surface area (Å²) in [7, 11) is 0. The standard InChI is InChI=1S/C26H29Cl3N4O4/c1-2-20(34)18(8-12-6-7-30-24(12)35)32-25(36)23-14-5-3-4-13(14)11-33(23)26(37)19-9-15-16(27)10-17(28)21(29)22(15)31-19/h9-10,12-14,18,23,31H,2-8,11H2,1H3,(H,30,35)(H,32,36)/t12-,13-,14-,18-,23-/m0/s1. The van der Waals surface area contributed by atoms with Gasteiger partial charge >= 0.3 is 0 Å². The number of halogens is 3. The van der Waals surface area contributed by atoms with Crippen molar-refractivity contribution in [2.24, 2.45) is 17.8 Å². The molecule has 8 nitrogen and oxygen atoms in total. The first kappa shape index (κ1) is 26.3. The monoisotopic (exact) mass is 566 g/mol. The van der Waals surface area contributed by atoms with Crippen molar-refractivity contribution in [2.75, 3.05) is 13.1 Å². The number of nitrogens with zero attached hydrogens (tertiary/aromatic N) is 1. The van der Waals surface area contributed by atoms with Gasteiger partial charge in [-0.3, -0.25) is 19.2 Å². The molecule has 1 aromatic carbocycles. The number of carbonyl (C=O) groups excluding carboxylic acids is 4. The smallest absolute Gasteiger partial charge is 0.271 e. The lowest BCUT2D eigenvalue weighted by atomic mass is 9.91. The van der Waals surface area contributed by atoms with Crippen LogP contribution in [0.1, 0.15) is 55.9 Å². The summed E-state index contributed by atoms with van der Waals surface area (Å²) in [5, 5.41) is 7.19. The molecule has 0 unspecified atom stereocenters. The van der Waals surface area contributed by atoms with Crippen molar-refractivity contribution in [1.82, 2.24) is 20.5 Å². The first-order chi connectivity index (χ1) is 17.7. The normalized spacial score (nSPS) is 25.8. The van der Waals surface area contributed by atoms with Crippen LogP contribution in [0.3, 0.4) is 0 Å². The average Bonchev–Trinajstić information content (AvgIpc) is 3.65. The molecule has 3 heterocycles. The van der Waals surface area contributed by atoms with Gasteiger partial charge < -0.3 is 20.5 Å². The number of Topliss-reactive ketones (excluding diaryl/α,β-unsaturated/α-hetero) is 1. The van der Waals surface area contributed by atoms with Gasteiger partial charge in [0.15, 0.2) is 5.78 Å². The molecular formula is C26H29Cl3N4O4. The molecule has 5 rings (SSSR count). The first-order valence-electron chi connectivity index (χ1n) is 12.8. The van der Waals surface area contributed by atoms with Crippen molar-refractivity contribution >= 4 is 69.2 Å². The fraction of sp³-hybridized carbons (Fsp3) is 0.538. The van der Waals surface area contributed by atoms with Gasteiger partial charge in [0.1, 0.15) is 11.7 Å². The van der Waals surface area contributed by atoms with Crippen molar-refractivity contribution in [3.63, 3.8) is 0 Å². The van der Waals surface area contributed by atoms with E-state index in [1.807, 2.05) is 0 Å². The van der Waals surface area contributed by atoms with E-state index in [4.69, 9.17) is 34.8 Å². The van der Waals surface area contributed by atoms with E-state index in [-0.39, 0.29) is 69.8 Å². The van der Waals surface area contributed by atoms with Gasteiger partial charge in [-0.15, -0.1) is 0 Å². The second kappa shape index (κ2) is 10.5. The highest BCUT2D eigenvalue weighted by atomic mass is 35.5. The molecule has 3 aliphatic rings. The van der Waals surface area contributed by atoms with Gasteiger partial charge in [-0.05, 0) is 49.7 Å². The van der Waals surface area contributed by atoms with Gasteiger partial charge in [-0.2, -0.15) is 0 Å². The second-order valence-electron chi connectivity index (χ2n) is 10.3. The van der Waals surface area contributed by atoms with Gasteiger partial charge in [0, 0.05) is 30.8 Å². The van der Waals surface area contributed by atoms with Gasteiger partial charge in [0.05, 0.1) is 26.6 Å². The van der Waals surface area contributed by atoms with Crippen molar-refractivity contribution < 1.29 is 19.2 Å². The molecule has 198 valence electrons. The Balaban J connectivity index is 1.41. The quantitative estimate of drug-likeness (QED) is 0.432. The molecular weight excluding hydrogens is 539 g/mol. The van der Waals surface area contributed by atoms with E-state index in [2.05, 4.69) is 15.6 Å². The highest BCUT2D eigenvalue weighted by molar-refractivity contribution is 6.47. The number of benzene rings is 1. The van der Waals surface area contributed by atoms with E-state index in [1.165, 1.54) is 6.07 Å². The number of aromatic nitrogens is 1. The molecule has 1 aromatic heterocycles. The maximum atomic E-state index is 13.7. The van der Waals surface area contributed by atoms with Gasteiger partial charge in [0.2, 0.25) is 11.8 Å². The third kappa shape index (κ3) is 4.84. The van der Waals surface area contributed by atoms with Crippen LogP contribution in [-0.2, 0) is 14.4 Å². The molecule has 0 radical (unpaired) electrons. The molecule has 2 saturated heterocycles. The maximum Gasteiger partial charge on any atom is 0.271 e. The summed E-state index contributed by atoms with van der Waals surface area (Å²) in [6, 6.07) is 1.69. The summed E-state index contributed by atoms with van der Waals surface area (Å²) in [6.07, 6.45) is 3.92. The minimum absolute atomic E-state index is 0.0158. The van der Waals surface area contributed by atoms with Crippen LogP contribution in [0.5, 0.6) is 0 Å². The Morgan fingerprint density at radius 3 is 2.62 bits per heavy atom. The minimum Gasteiger partial charge on any atom is -0.356 e. The molecule has 1 aliphatic carbocycles. The average molecular weight is 568 g/mol. The topological polar surface area (TPSA) is 111 Å². The Morgan fingerprint density at radius 2 is 1.92 bits per heavy atom. The maximum absolute atomic E-state index is 13.7. The van der Waals surface area contributed by atoms with Crippen LogP contribution in [0.4, 0.5) is 0 Å². The van der Waals surface area contributed by atoms with Gasteiger partial charge in [-0.1, -0.05) is 48.1 Å². The molecule has 2 aromatic rings. The summed E-state index contributed by atoms with van der Waals surface area (Å²) in [4.78, 5) is 57.0. The Bertz CT molecular complexity index is 1280. The van der Waals surface area contributed by atoms with Crippen molar-refractivity contribution in [1.29, 1.82) is 0 Å². The van der Waals surface area contributed by atoms with E-state index in [0.717, 1.165) is 19.3 Å². The van der Waals surface area contributed by atoms with Crippen LogP contribution in [0.15, 0.2) is 12.1 Å². The van der Waals surface area contributed by atoms with Crippen LogP contribution in [0.25, 0.3) is 10.9 Å². The van der Waals surface area contributed by atoms with Gasteiger partial charge in [-0.25, -0.2) is 0 Å². The second-order valence-corrected chi connectivity index (χ2v) is 11.5. The third-order valence-electron chi connectivity index (χ3n) is 8.14. The Hall–Kier alpha value is -2.29. The molecule has 3 N–H and O–H groups in total. The molecule has 5 atom stereocenters. The number of fused-ring (bicyclic) bond motifs is 2. The van der Waals surface area contributed by atoms with E-state index < -0.39 is 12.1 Å². The highest BCUT2D eigenvalue weighted by Crippen LogP contribution is 2.43. The molecule has 37 heavy (non-hydrogen) atoms. The van der Waals surface area contributed by atoms with Gasteiger partial charge in [0.25, 0.3) is 5.91 Å². The first-order valence-corrected chi connectivity index (χ1v) is 13.9. The fourth-order valence-corrected chi connectivity index (χ4v) is 6.96. The number of likely N-dealkylation sites (tertiary alicyclic amines) is 1. The molecule has 2 aliphatic heterocycles. The van der Waals surface area contributed by atoms with E-state index >= 15 is 0 Å². The number of hydrogen-bond donors (Lipinski definition) is 3. The number of hydrogen-bond acceptors (Lipinski definition) is 4. The molecule has 0 spiro atoms. The van der Waals surface area contributed by atoms with Crippen molar-refractivity contribution in [2.45, 2.75) is 57.5 Å². The molecule has 3 amide bonds. The van der Waals surface area contributed by atoms with Crippen LogP contribution >= 0.6 is 34.8 Å². The zero-order valence-corrected chi connectivity index (χ0v) is 22.7.